The van der Waals surface area contributed by atoms with Crippen LogP contribution in [0.3, 0.4) is 0 Å². The van der Waals surface area contributed by atoms with Gasteiger partial charge in [-0.25, -0.2) is 0 Å². The predicted octanol–water partition coefficient (Wildman–Crippen LogP) is 12.6. The van der Waals surface area contributed by atoms with E-state index in [4.69, 9.17) is 4.42 Å². The van der Waals surface area contributed by atoms with Crippen molar-refractivity contribution in [3.63, 3.8) is 0 Å². The van der Waals surface area contributed by atoms with Gasteiger partial charge in [-0.15, -0.1) is 0 Å². The van der Waals surface area contributed by atoms with Gasteiger partial charge < -0.3 is 13.6 Å². The fourth-order valence-electron chi connectivity index (χ4n) is 8.90. The largest absolute Gasteiger partial charge is 0.455 e. The number of para-hydroxylation sites is 3. The Morgan fingerprint density at radius 1 is 0.347 bits per heavy atom. The van der Waals surface area contributed by atoms with Crippen molar-refractivity contribution in [3.8, 4) is 33.6 Å². The maximum absolute atomic E-state index is 6.71. The van der Waals surface area contributed by atoms with Gasteiger partial charge in [-0.1, -0.05) is 115 Å². The first-order valence-electron chi connectivity index (χ1n) is 16.9. The molecule has 0 atom stereocenters. The number of benzene rings is 8. The van der Waals surface area contributed by atoms with Gasteiger partial charge in [-0.2, -0.15) is 0 Å². The first-order valence-corrected chi connectivity index (χ1v) is 16.9. The number of hydrogen-bond acceptors (Lipinski definition) is 1. The number of nitrogens with zero attached hydrogens (tertiary/aromatic N) is 2. The highest BCUT2D eigenvalue weighted by molar-refractivity contribution is 6.30. The molecule has 49 heavy (non-hydrogen) atoms. The Kier molecular flexibility index (Phi) is 4.72. The van der Waals surface area contributed by atoms with Gasteiger partial charge in [0.2, 0.25) is 0 Å². The summed E-state index contributed by atoms with van der Waals surface area (Å²) in [6.45, 7) is 0. The topological polar surface area (TPSA) is 23.0 Å². The molecule has 0 unspecified atom stereocenters. The standard InChI is InChI=1S/C46H26N2O/c1-2-11-27(12-3-1)47-40-26-24-35-31-16-7-9-20-41(31)49-46(35)43(40)37-22-21-34-30-15-6-8-19-38(30)48(44(34)45(37)47)39-25-23-33-29-14-5-4-13-28(29)32-17-10-18-36(39)42(32)33/h1-26H. The van der Waals surface area contributed by atoms with Crippen molar-refractivity contribution in [2.45, 2.75) is 0 Å². The normalized spacial score (nSPS) is 12.5. The van der Waals surface area contributed by atoms with Gasteiger partial charge >= 0.3 is 0 Å². The molecular weight excluding hydrogens is 597 g/mol. The minimum absolute atomic E-state index is 0.912. The van der Waals surface area contributed by atoms with Gasteiger partial charge in [0.1, 0.15) is 11.2 Å². The van der Waals surface area contributed by atoms with Crippen LogP contribution in [-0.4, -0.2) is 9.13 Å². The van der Waals surface area contributed by atoms with E-state index < -0.39 is 0 Å². The summed E-state index contributed by atoms with van der Waals surface area (Å²) in [7, 11) is 0. The number of aromatic nitrogens is 2. The van der Waals surface area contributed by atoms with Crippen molar-refractivity contribution in [2.75, 3.05) is 0 Å². The van der Waals surface area contributed by atoms with Crippen LogP contribution in [0.5, 0.6) is 0 Å². The summed E-state index contributed by atoms with van der Waals surface area (Å²) in [4.78, 5) is 0. The molecule has 11 aromatic rings. The van der Waals surface area contributed by atoms with Crippen LogP contribution in [0.15, 0.2) is 162 Å². The molecular formula is C46H26N2O. The van der Waals surface area contributed by atoms with E-state index in [1.54, 1.807) is 0 Å². The fraction of sp³-hybridized carbons (Fsp3) is 0. The lowest BCUT2D eigenvalue weighted by Gasteiger charge is -2.15. The van der Waals surface area contributed by atoms with Crippen molar-refractivity contribution < 1.29 is 4.42 Å². The number of rotatable bonds is 2. The molecule has 1 aliphatic rings. The molecule has 0 amide bonds. The Hall–Kier alpha value is -6.58. The minimum Gasteiger partial charge on any atom is -0.455 e. The second kappa shape index (κ2) is 9.06. The highest BCUT2D eigenvalue weighted by Crippen LogP contribution is 2.50. The van der Waals surface area contributed by atoms with Crippen LogP contribution in [0.2, 0.25) is 0 Å². The maximum Gasteiger partial charge on any atom is 0.145 e. The zero-order chi connectivity index (χ0) is 31.8. The summed E-state index contributed by atoms with van der Waals surface area (Å²) < 4.78 is 11.7. The highest BCUT2D eigenvalue weighted by atomic mass is 16.3. The summed E-state index contributed by atoms with van der Waals surface area (Å²) in [5.41, 5.74) is 14.1. The Morgan fingerprint density at radius 2 is 1.00 bits per heavy atom. The lowest BCUT2D eigenvalue weighted by atomic mass is 10.0. The molecule has 12 rings (SSSR count). The van der Waals surface area contributed by atoms with Crippen LogP contribution in [0, 0.1) is 0 Å². The Labute approximate surface area is 280 Å². The van der Waals surface area contributed by atoms with E-state index >= 15 is 0 Å². The van der Waals surface area contributed by atoms with Crippen molar-refractivity contribution in [1.29, 1.82) is 0 Å². The third kappa shape index (κ3) is 3.13. The van der Waals surface area contributed by atoms with Crippen LogP contribution < -0.4 is 0 Å². The van der Waals surface area contributed by atoms with Gasteiger partial charge in [0, 0.05) is 38.0 Å². The summed E-state index contributed by atoms with van der Waals surface area (Å²) in [5.74, 6) is 0. The smallest absolute Gasteiger partial charge is 0.145 e. The van der Waals surface area contributed by atoms with Gasteiger partial charge in [0.05, 0.1) is 33.1 Å². The fourth-order valence-corrected chi connectivity index (χ4v) is 8.90. The van der Waals surface area contributed by atoms with E-state index in [0.29, 0.717) is 0 Å². The average molecular weight is 623 g/mol. The van der Waals surface area contributed by atoms with Crippen LogP contribution in [0.25, 0.3) is 110 Å². The zero-order valence-electron chi connectivity index (χ0n) is 26.3. The maximum atomic E-state index is 6.71. The molecule has 3 aromatic heterocycles. The Morgan fingerprint density at radius 3 is 1.88 bits per heavy atom. The van der Waals surface area contributed by atoms with Crippen molar-refractivity contribution in [3.05, 3.63) is 158 Å². The summed E-state index contributed by atoms with van der Waals surface area (Å²) >= 11 is 0. The third-order valence-electron chi connectivity index (χ3n) is 10.8. The molecule has 0 N–H and O–H groups in total. The lowest BCUT2D eigenvalue weighted by molar-refractivity contribution is 0.673. The van der Waals surface area contributed by atoms with E-state index in [-0.39, 0.29) is 0 Å². The van der Waals surface area contributed by atoms with E-state index in [1.807, 2.05) is 6.07 Å². The second-order valence-electron chi connectivity index (χ2n) is 13.2. The van der Waals surface area contributed by atoms with E-state index in [1.165, 1.54) is 71.4 Å². The number of hydrogen-bond donors (Lipinski definition) is 0. The van der Waals surface area contributed by atoms with Gasteiger partial charge in [0.25, 0.3) is 0 Å². The molecule has 0 radical (unpaired) electrons. The molecule has 0 saturated carbocycles. The second-order valence-corrected chi connectivity index (χ2v) is 13.2. The molecule has 0 bridgehead atoms. The van der Waals surface area contributed by atoms with Gasteiger partial charge in [0.15, 0.2) is 0 Å². The van der Waals surface area contributed by atoms with E-state index in [9.17, 15) is 0 Å². The summed E-state index contributed by atoms with van der Waals surface area (Å²) in [5, 5.41) is 9.66. The Balaban J connectivity index is 1.32. The van der Waals surface area contributed by atoms with Crippen LogP contribution in [0.4, 0.5) is 0 Å². The molecule has 3 heteroatoms. The van der Waals surface area contributed by atoms with Crippen molar-refractivity contribution >= 4 is 76.3 Å². The molecule has 8 aromatic carbocycles. The minimum atomic E-state index is 0.912. The number of furan rings is 1. The molecule has 3 nitrogen and oxygen atoms in total. The molecule has 0 aliphatic heterocycles. The highest BCUT2D eigenvalue weighted by Gasteiger charge is 2.26. The first-order chi connectivity index (χ1) is 24.3. The van der Waals surface area contributed by atoms with Gasteiger partial charge in [-0.3, -0.25) is 0 Å². The molecule has 226 valence electrons. The van der Waals surface area contributed by atoms with Crippen LogP contribution in [-0.2, 0) is 0 Å². The first kappa shape index (κ1) is 25.5. The molecule has 0 saturated heterocycles. The molecule has 1 aliphatic carbocycles. The van der Waals surface area contributed by atoms with Crippen molar-refractivity contribution in [1.82, 2.24) is 9.13 Å². The molecule has 0 fully saturated rings. The van der Waals surface area contributed by atoms with Gasteiger partial charge in [-0.05, 0) is 70.1 Å². The SMILES string of the molecule is c1ccc(-n2c3ccc4c5ccccc5oc4c3c3ccc4c5ccccc5n(-c5ccc6c7c(cccc57)-c5ccccc5-6)c4c32)cc1. The lowest BCUT2D eigenvalue weighted by Crippen LogP contribution is -1.99. The quantitative estimate of drug-likeness (QED) is 0.188. The Bertz CT molecular complexity index is 3180. The third-order valence-corrected chi connectivity index (χ3v) is 10.8. The van der Waals surface area contributed by atoms with Crippen LogP contribution in [0.1, 0.15) is 0 Å². The zero-order valence-corrected chi connectivity index (χ0v) is 26.3. The van der Waals surface area contributed by atoms with E-state index in [2.05, 4.69) is 161 Å². The molecule has 0 spiro atoms. The number of fused-ring (bicyclic) bond motifs is 14. The van der Waals surface area contributed by atoms with E-state index in [0.717, 1.165) is 38.5 Å². The monoisotopic (exact) mass is 622 g/mol. The summed E-state index contributed by atoms with van der Waals surface area (Å²) in [6, 6.07) is 57.4. The molecule has 3 heterocycles. The average Bonchev–Trinajstić information content (AvgIpc) is 3.90. The van der Waals surface area contributed by atoms with Crippen molar-refractivity contribution in [2.24, 2.45) is 0 Å². The predicted molar refractivity (Wildman–Crippen MR) is 204 cm³/mol. The van der Waals surface area contributed by atoms with Crippen LogP contribution >= 0.6 is 0 Å². The summed E-state index contributed by atoms with van der Waals surface area (Å²) in [6.07, 6.45) is 0.